The number of carbonyl (C=O) groups excluding carboxylic acids is 1. The number of carbonyl (C=O) groups is 1. The molecule has 0 aliphatic heterocycles. The molecule has 0 aliphatic carbocycles. The van der Waals surface area contributed by atoms with Crippen LogP contribution in [0.25, 0.3) is 22.1 Å². The number of rotatable bonds is 6. The smallest absolute Gasteiger partial charge is 0.338 e. The fourth-order valence-corrected chi connectivity index (χ4v) is 3.15. The average molecular weight is 373 g/mol. The van der Waals surface area contributed by atoms with Crippen LogP contribution >= 0.6 is 11.6 Å². The van der Waals surface area contributed by atoms with E-state index in [0.717, 1.165) is 17.8 Å². The third-order valence-corrected chi connectivity index (χ3v) is 4.39. The second kappa shape index (κ2) is 7.74. The van der Waals surface area contributed by atoms with Crippen molar-refractivity contribution < 1.29 is 9.53 Å². The second-order valence-electron chi connectivity index (χ2n) is 5.67. The molecule has 6 nitrogen and oxygen atoms in total. The van der Waals surface area contributed by atoms with Gasteiger partial charge >= 0.3 is 5.97 Å². The summed E-state index contributed by atoms with van der Waals surface area (Å²) in [4.78, 5) is 16.6. The number of benzene rings is 1. The molecule has 0 bridgehead atoms. The summed E-state index contributed by atoms with van der Waals surface area (Å²) in [5, 5.41) is 4.77. The minimum absolute atomic E-state index is 0.338. The van der Waals surface area contributed by atoms with Crippen LogP contribution in [0.3, 0.4) is 0 Å². The SMILES string of the molecule is CCOC(=O)c1ccc2c(c1)nc(/C(Cl)=C/c1ccnn1CC)n2CC. The van der Waals surface area contributed by atoms with Gasteiger partial charge in [0.05, 0.1) is 33.9 Å². The zero-order chi connectivity index (χ0) is 18.7. The molecule has 3 aromatic rings. The van der Waals surface area contributed by atoms with Crippen LogP contribution in [0.4, 0.5) is 0 Å². The molecule has 0 radical (unpaired) electrons. The quantitative estimate of drug-likeness (QED) is 0.609. The third-order valence-electron chi connectivity index (χ3n) is 4.11. The maximum Gasteiger partial charge on any atom is 0.338 e. The van der Waals surface area contributed by atoms with Crippen molar-refractivity contribution in [3.8, 4) is 0 Å². The number of nitrogens with zero attached hydrogens (tertiary/aromatic N) is 4. The molecule has 26 heavy (non-hydrogen) atoms. The van der Waals surface area contributed by atoms with E-state index in [0.29, 0.717) is 35.1 Å². The summed E-state index contributed by atoms with van der Waals surface area (Å²) < 4.78 is 8.95. The molecule has 0 fully saturated rings. The molecule has 0 N–H and O–H groups in total. The van der Waals surface area contributed by atoms with Crippen LogP contribution in [0.2, 0.25) is 0 Å². The fraction of sp³-hybridized carbons (Fsp3) is 0.316. The summed E-state index contributed by atoms with van der Waals surface area (Å²) in [5.74, 6) is 0.310. The molecule has 136 valence electrons. The summed E-state index contributed by atoms with van der Waals surface area (Å²) >= 11 is 6.58. The lowest BCUT2D eigenvalue weighted by Crippen LogP contribution is -2.04. The second-order valence-corrected chi connectivity index (χ2v) is 6.07. The molecular weight excluding hydrogens is 352 g/mol. The largest absolute Gasteiger partial charge is 0.462 e. The molecule has 0 saturated heterocycles. The molecule has 2 heterocycles. The molecule has 1 aromatic carbocycles. The molecule has 0 aliphatic rings. The van der Waals surface area contributed by atoms with Crippen molar-refractivity contribution in [2.75, 3.05) is 6.61 Å². The first-order chi connectivity index (χ1) is 12.6. The van der Waals surface area contributed by atoms with E-state index in [9.17, 15) is 4.79 Å². The highest BCUT2D eigenvalue weighted by Gasteiger charge is 2.15. The lowest BCUT2D eigenvalue weighted by atomic mass is 10.2. The Morgan fingerprint density at radius 3 is 2.73 bits per heavy atom. The first-order valence-corrected chi connectivity index (χ1v) is 9.03. The van der Waals surface area contributed by atoms with Crippen molar-refractivity contribution >= 4 is 39.7 Å². The first kappa shape index (κ1) is 18.2. The van der Waals surface area contributed by atoms with E-state index in [4.69, 9.17) is 16.3 Å². The molecule has 0 atom stereocenters. The number of imidazole rings is 1. The summed E-state index contributed by atoms with van der Waals surface area (Å²) in [6, 6.07) is 7.27. The van der Waals surface area contributed by atoms with Gasteiger partial charge in [0.15, 0.2) is 5.82 Å². The van der Waals surface area contributed by atoms with Gasteiger partial charge in [-0.15, -0.1) is 0 Å². The van der Waals surface area contributed by atoms with E-state index in [1.165, 1.54) is 0 Å². The van der Waals surface area contributed by atoms with Gasteiger partial charge in [-0.25, -0.2) is 9.78 Å². The maximum atomic E-state index is 12.0. The number of halogens is 1. The summed E-state index contributed by atoms with van der Waals surface area (Å²) in [6.07, 6.45) is 3.60. The highest BCUT2D eigenvalue weighted by atomic mass is 35.5. The van der Waals surface area contributed by atoms with Gasteiger partial charge in [0.2, 0.25) is 0 Å². The van der Waals surface area contributed by atoms with Crippen LogP contribution in [0.15, 0.2) is 30.5 Å². The lowest BCUT2D eigenvalue weighted by Gasteiger charge is -2.06. The van der Waals surface area contributed by atoms with Crippen LogP contribution in [0, 0.1) is 0 Å². The van der Waals surface area contributed by atoms with Gasteiger partial charge in [-0.3, -0.25) is 4.68 Å². The standard InChI is InChI=1S/C19H21ClN4O2/c1-4-23-17-8-7-13(19(25)26-6-3)11-16(17)22-18(23)15(20)12-14-9-10-21-24(14)5-2/h7-12H,4-6H2,1-3H3/b15-12-. The highest BCUT2D eigenvalue weighted by Crippen LogP contribution is 2.27. The Morgan fingerprint density at radius 1 is 1.23 bits per heavy atom. The predicted molar refractivity (Wildman–Crippen MR) is 103 cm³/mol. The van der Waals surface area contributed by atoms with Crippen LogP contribution in [0.1, 0.15) is 42.6 Å². The molecule has 7 heteroatoms. The Kier molecular flexibility index (Phi) is 5.42. The molecule has 0 saturated carbocycles. The number of fused-ring (bicyclic) bond motifs is 1. The van der Waals surface area contributed by atoms with Crippen molar-refractivity contribution in [3.63, 3.8) is 0 Å². The Labute approximate surface area is 157 Å². The minimum Gasteiger partial charge on any atom is -0.462 e. The highest BCUT2D eigenvalue weighted by molar-refractivity contribution is 6.50. The molecule has 0 amide bonds. The summed E-state index contributed by atoms with van der Waals surface area (Å²) in [5.41, 5.74) is 3.03. The topological polar surface area (TPSA) is 61.9 Å². The number of esters is 1. The minimum atomic E-state index is -0.351. The number of ether oxygens (including phenoxy) is 1. The van der Waals surface area contributed by atoms with Crippen LogP contribution in [0.5, 0.6) is 0 Å². The number of hydrogen-bond donors (Lipinski definition) is 0. The van der Waals surface area contributed by atoms with E-state index in [2.05, 4.69) is 10.1 Å². The monoisotopic (exact) mass is 372 g/mol. The van der Waals surface area contributed by atoms with Crippen molar-refractivity contribution in [1.82, 2.24) is 19.3 Å². The maximum absolute atomic E-state index is 12.0. The average Bonchev–Trinajstić information content (AvgIpc) is 3.24. The normalized spacial score (nSPS) is 11.9. The van der Waals surface area contributed by atoms with Crippen molar-refractivity contribution in [1.29, 1.82) is 0 Å². The zero-order valence-corrected chi connectivity index (χ0v) is 15.8. The number of aryl methyl sites for hydroxylation is 2. The molecule has 2 aromatic heterocycles. The molecular formula is C19H21ClN4O2. The number of hydrogen-bond acceptors (Lipinski definition) is 4. The predicted octanol–water partition coefficient (Wildman–Crippen LogP) is 4.19. The summed E-state index contributed by atoms with van der Waals surface area (Å²) in [7, 11) is 0. The lowest BCUT2D eigenvalue weighted by molar-refractivity contribution is 0.0526. The molecule has 3 rings (SSSR count). The van der Waals surface area contributed by atoms with Crippen molar-refractivity contribution in [2.45, 2.75) is 33.9 Å². The van der Waals surface area contributed by atoms with Gasteiger partial charge in [-0.2, -0.15) is 5.10 Å². The van der Waals surface area contributed by atoms with E-state index < -0.39 is 0 Å². The Morgan fingerprint density at radius 2 is 2.04 bits per heavy atom. The van der Waals surface area contributed by atoms with Gasteiger partial charge in [0.25, 0.3) is 0 Å². The van der Waals surface area contributed by atoms with E-state index in [1.807, 2.05) is 41.3 Å². The van der Waals surface area contributed by atoms with Crippen LogP contribution in [-0.2, 0) is 17.8 Å². The number of aromatic nitrogens is 4. The zero-order valence-electron chi connectivity index (χ0n) is 15.1. The van der Waals surface area contributed by atoms with Crippen molar-refractivity contribution in [3.05, 3.63) is 47.5 Å². The van der Waals surface area contributed by atoms with Crippen LogP contribution < -0.4 is 0 Å². The van der Waals surface area contributed by atoms with Gasteiger partial charge in [-0.1, -0.05) is 11.6 Å². The van der Waals surface area contributed by atoms with Crippen molar-refractivity contribution in [2.24, 2.45) is 0 Å². The van der Waals surface area contributed by atoms with E-state index in [-0.39, 0.29) is 5.97 Å². The van der Waals surface area contributed by atoms with Gasteiger partial charge in [0, 0.05) is 19.3 Å². The molecule has 0 unspecified atom stereocenters. The fourth-order valence-electron chi connectivity index (χ4n) is 2.90. The third kappa shape index (κ3) is 3.37. The Bertz CT molecular complexity index is 971. The van der Waals surface area contributed by atoms with E-state index >= 15 is 0 Å². The van der Waals surface area contributed by atoms with Gasteiger partial charge < -0.3 is 9.30 Å². The van der Waals surface area contributed by atoms with Gasteiger partial charge in [0.1, 0.15) is 0 Å². The first-order valence-electron chi connectivity index (χ1n) is 8.65. The molecule has 0 spiro atoms. The van der Waals surface area contributed by atoms with Crippen LogP contribution in [-0.4, -0.2) is 31.9 Å². The Balaban J connectivity index is 2.06. The van der Waals surface area contributed by atoms with Gasteiger partial charge in [-0.05, 0) is 51.1 Å². The Hall–Kier alpha value is -2.60. The summed E-state index contributed by atoms with van der Waals surface area (Å²) in [6.45, 7) is 7.65. The van der Waals surface area contributed by atoms with E-state index in [1.54, 1.807) is 25.3 Å².